The van der Waals surface area contributed by atoms with Crippen LogP contribution in [0.1, 0.15) is 32.6 Å². The molecule has 2 aliphatic rings. The van der Waals surface area contributed by atoms with Crippen molar-refractivity contribution in [1.82, 2.24) is 0 Å². The van der Waals surface area contributed by atoms with Gasteiger partial charge in [0.15, 0.2) is 5.79 Å². The molecule has 2 fully saturated rings. The summed E-state index contributed by atoms with van der Waals surface area (Å²) >= 11 is 2.04. The quantitative estimate of drug-likeness (QED) is 0.761. The molecule has 0 bridgehead atoms. The molecule has 4 heteroatoms. The van der Waals surface area contributed by atoms with Crippen LogP contribution in [0, 0.1) is 17.2 Å². The van der Waals surface area contributed by atoms with E-state index >= 15 is 0 Å². The minimum atomic E-state index is -0.436. The third-order valence-electron chi connectivity index (χ3n) is 3.31. The fraction of sp³-hybridized carbons (Fsp3) is 0.917. The Bertz CT molecular complexity index is 273. The van der Waals surface area contributed by atoms with E-state index < -0.39 is 5.79 Å². The van der Waals surface area contributed by atoms with Crippen LogP contribution in [0.4, 0.5) is 0 Å². The molecule has 0 aromatic carbocycles. The Morgan fingerprint density at radius 2 is 2.19 bits per heavy atom. The molecule has 90 valence electrons. The maximum Gasteiger partial charge on any atom is 0.166 e. The molecule has 0 N–H and O–H groups in total. The maximum atomic E-state index is 8.63. The first-order chi connectivity index (χ1) is 7.72. The van der Waals surface area contributed by atoms with Gasteiger partial charge in [0.05, 0.1) is 25.2 Å². The lowest BCUT2D eigenvalue weighted by Crippen LogP contribution is -2.31. The molecule has 0 saturated carbocycles. The van der Waals surface area contributed by atoms with Crippen molar-refractivity contribution in [3.63, 3.8) is 0 Å². The molecule has 2 rings (SSSR count). The van der Waals surface area contributed by atoms with Gasteiger partial charge in [-0.15, -0.1) is 0 Å². The van der Waals surface area contributed by atoms with Gasteiger partial charge in [-0.1, -0.05) is 0 Å². The number of nitrogens with zero attached hydrogens (tertiary/aromatic N) is 1. The van der Waals surface area contributed by atoms with E-state index in [4.69, 9.17) is 14.7 Å². The molecular weight excluding hydrogens is 222 g/mol. The Kier molecular flexibility index (Phi) is 4.12. The summed E-state index contributed by atoms with van der Waals surface area (Å²) in [5.74, 6) is 2.82. The van der Waals surface area contributed by atoms with Crippen LogP contribution >= 0.6 is 11.8 Å². The van der Waals surface area contributed by atoms with E-state index in [1.807, 2.05) is 18.7 Å². The van der Waals surface area contributed by atoms with Crippen LogP contribution in [-0.2, 0) is 9.47 Å². The Morgan fingerprint density at radius 3 is 2.88 bits per heavy atom. The van der Waals surface area contributed by atoms with Gasteiger partial charge in [-0.25, -0.2) is 0 Å². The van der Waals surface area contributed by atoms with Crippen LogP contribution in [0.15, 0.2) is 0 Å². The highest BCUT2D eigenvalue weighted by Gasteiger charge is 2.39. The van der Waals surface area contributed by atoms with Crippen LogP contribution in [0.2, 0.25) is 0 Å². The van der Waals surface area contributed by atoms with Crippen molar-refractivity contribution < 1.29 is 9.47 Å². The molecule has 2 saturated heterocycles. The number of rotatable bonds is 3. The number of ether oxygens (including phenoxy) is 2. The van der Waals surface area contributed by atoms with Crippen molar-refractivity contribution in [2.75, 3.05) is 18.1 Å². The lowest BCUT2D eigenvalue weighted by atomic mass is 9.94. The van der Waals surface area contributed by atoms with Crippen LogP contribution in [-0.4, -0.2) is 30.0 Å². The largest absolute Gasteiger partial charge is 0.347 e. The van der Waals surface area contributed by atoms with Crippen LogP contribution in [0.3, 0.4) is 0 Å². The summed E-state index contributed by atoms with van der Waals surface area (Å²) in [4.78, 5) is 0. The second kappa shape index (κ2) is 5.39. The van der Waals surface area contributed by atoms with E-state index in [2.05, 4.69) is 6.07 Å². The first kappa shape index (κ1) is 12.2. The summed E-state index contributed by atoms with van der Waals surface area (Å²) in [5, 5.41) is 8.63. The highest BCUT2D eigenvalue weighted by Crippen LogP contribution is 2.35. The zero-order chi connectivity index (χ0) is 11.4. The molecule has 3 nitrogen and oxygen atoms in total. The second-order valence-electron chi connectivity index (χ2n) is 4.81. The van der Waals surface area contributed by atoms with E-state index in [0.717, 1.165) is 12.3 Å². The van der Waals surface area contributed by atoms with Crippen molar-refractivity contribution >= 4 is 11.8 Å². The zero-order valence-corrected chi connectivity index (χ0v) is 10.6. The Hall–Kier alpha value is -0.240. The number of hydrogen-bond donors (Lipinski definition) is 0. The first-order valence-electron chi connectivity index (χ1n) is 5.98. The molecular formula is C12H19NO2S. The number of hydrogen-bond acceptors (Lipinski definition) is 4. The standard InChI is InChI=1S/C12H19NO2S/c1-12(8-10-3-6-16-7-4-10)14-9-11(15-12)2-5-13/h10-11H,2-4,6-9H2,1H3. The van der Waals surface area contributed by atoms with Gasteiger partial charge in [-0.3, -0.25) is 0 Å². The minimum absolute atomic E-state index is 0.0204. The Morgan fingerprint density at radius 1 is 1.44 bits per heavy atom. The van der Waals surface area contributed by atoms with E-state index in [1.54, 1.807) is 0 Å². The van der Waals surface area contributed by atoms with Gasteiger partial charge in [0.1, 0.15) is 0 Å². The lowest BCUT2D eigenvalue weighted by molar-refractivity contribution is -0.166. The average molecular weight is 241 g/mol. The number of thioether (sulfide) groups is 1. The van der Waals surface area contributed by atoms with Crippen molar-refractivity contribution in [2.45, 2.75) is 44.5 Å². The molecule has 2 aliphatic heterocycles. The van der Waals surface area contributed by atoms with Gasteiger partial charge < -0.3 is 9.47 Å². The van der Waals surface area contributed by atoms with Gasteiger partial charge in [0.2, 0.25) is 0 Å². The number of nitriles is 1. The second-order valence-corrected chi connectivity index (χ2v) is 6.03. The minimum Gasteiger partial charge on any atom is -0.347 e. The fourth-order valence-electron chi connectivity index (χ4n) is 2.47. The molecule has 0 aromatic heterocycles. The van der Waals surface area contributed by atoms with Crippen molar-refractivity contribution in [3.05, 3.63) is 0 Å². The van der Waals surface area contributed by atoms with Gasteiger partial charge >= 0.3 is 0 Å². The van der Waals surface area contributed by atoms with E-state index in [-0.39, 0.29) is 6.10 Å². The highest BCUT2D eigenvalue weighted by atomic mass is 32.2. The van der Waals surface area contributed by atoms with Crippen LogP contribution in [0.25, 0.3) is 0 Å². The Balaban J connectivity index is 1.82. The summed E-state index contributed by atoms with van der Waals surface area (Å²) in [6.45, 7) is 2.59. The predicted octanol–water partition coefficient (Wildman–Crippen LogP) is 2.56. The summed E-state index contributed by atoms with van der Waals surface area (Å²) in [6.07, 6.45) is 3.95. The molecule has 0 aromatic rings. The van der Waals surface area contributed by atoms with Crippen LogP contribution < -0.4 is 0 Å². The summed E-state index contributed by atoms with van der Waals surface area (Å²) in [7, 11) is 0. The zero-order valence-electron chi connectivity index (χ0n) is 9.78. The molecule has 2 unspecified atom stereocenters. The molecule has 0 radical (unpaired) electrons. The predicted molar refractivity (Wildman–Crippen MR) is 64.1 cm³/mol. The highest BCUT2D eigenvalue weighted by molar-refractivity contribution is 7.99. The van der Waals surface area contributed by atoms with Gasteiger partial charge in [0.25, 0.3) is 0 Å². The van der Waals surface area contributed by atoms with Crippen molar-refractivity contribution in [2.24, 2.45) is 5.92 Å². The normalized spacial score (nSPS) is 36.1. The van der Waals surface area contributed by atoms with Gasteiger partial charge in [-0.05, 0) is 37.2 Å². The molecule has 0 aliphatic carbocycles. The Labute approximate surface area is 101 Å². The van der Waals surface area contributed by atoms with Crippen LogP contribution in [0.5, 0.6) is 0 Å². The lowest BCUT2D eigenvalue weighted by Gasteiger charge is -2.30. The summed E-state index contributed by atoms with van der Waals surface area (Å²) in [5.41, 5.74) is 0. The SMILES string of the molecule is CC1(CC2CCSCC2)OCC(CC#N)O1. The molecule has 0 spiro atoms. The summed E-state index contributed by atoms with van der Waals surface area (Å²) < 4.78 is 11.6. The maximum absolute atomic E-state index is 8.63. The van der Waals surface area contributed by atoms with E-state index in [0.29, 0.717) is 13.0 Å². The summed E-state index contributed by atoms with van der Waals surface area (Å²) in [6, 6.07) is 2.14. The van der Waals surface area contributed by atoms with E-state index in [9.17, 15) is 0 Å². The molecule has 2 heterocycles. The molecule has 2 atom stereocenters. The molecule has 0 amide bonds. The van der Waals surface area contributed by atoms with Gasteiger partial charge in [-0.2, -0.15) is 17.0 Å². The first-order valence-corrected chi connectivity index (χ1v) is 7.14. The van der Waals surface area contributed by atoms with Crippen molar-refractivity contribution in [1.29, 1.82) is 5.26 Å². The van der Waals surface area contributed by atoms with Crippen molar-refractivity contribution in [3.8, 4) is 6.07 Å². The topological polar surface area (TPSA) is 42.2 Å². The smallest absolute Gasteiger partial charge is 0.166 e. The van der Waals surface area contributed by atoms with Gasteiger partial charge in [0, 0.05) is 6.42 Å². The average Bonchev–Trinajstić information content (AvgIpc) is 2.62. The molecule has 16 heavy (non-hydrogen) atoms. The third kappa shape index (κ3) is 3.13. The fourth-order valence-corrected chi connectivity index (χ4v) is 3.68. The van der Waals surface area contributed by atoms with E-state index in [1.165, 1.54) is 24.3 Å². The third-order valence-corrected chi connectivity index (χ3v) is 4.36. The monoisotopic (exact) mass is 241 g/mol.